The van der Waals surface area contributed by atoms with E-state index in [1.807, 2.05) is 49.4 Å². The highest BCUT2D eigenvalue weighted by molar-refractivity contribution is 8.26. The zero-order valence-corrected chi connectivity index (χ0v) is 19.3. The molecule has 30 heavy (non-hydrogen) atoms. The van der Waals surface area contributed by atoms with Crippen molar-refractivity contribution < 1.29 is 9.59 Å². The number of thiocarbonyl (C=S) groups is 1. The topological polar surface area (TPSA) is 49.4 Å². The molecule has 3 rings (SSSR count). The van der Waals surface area contributed by atoms with E-state index in [0.717, 1.165) is 16.8 Å². The van der Waals surface area contributed by atoms with Gasteiger partial charge in [0.1, 0.15) is 4.32 Å². The molecule has 1 heterocycles. The van der Waals surface area contributed by atoms with Gasteiger partial charge in [0.15, 0.2) is 0 Å². The normalized spacial score (nSPS) is 15.7. The summed E-state index contributed by atoms with van der Waals surface area (Å²) in [6.07, 6.45) is 2.05. The summed E-state index contributed by atoms with van der Waals surface area (Å²) >= 11 is 6.66. The lowest BCUT2D eigenvalue weighted by Gasteiger charge is -2.18. The molecule has 0 bridgehead atoms. The summed E-state index contributed by atoms with van der Waals surface area (Å²) in [7, 11) is 0. The van der Waals surface area contributed by atoms with Crippen molar-refractivity contribution in [3.8, 4) is 0 Å². The monoisotopic (exact) mass is 438 g/mol. The van der Waals surface area contributed by atoms with Gasteiger partial charge < -0.3 is 5.32 Å². The number of para-hydroxylation sites is 1. The number of aryl methyl sites for hydroxylation is 1. The summed E-state index contributed by atoms with van der Waals surface area (Å²) in [5, 5.41) is 2.89. The minimum Gasteiger partial charge on any atom is -0.326 e. The van der Waals surface area contributed by atoms with Crippen LogP contribution in [-0.2, 0) is 15.0 Å². The van der Waals surface area contributed by atoms with E-state index in [4.69, 9.17) is 12.2 Å². The van der Waals surface area contributed by atoms with Crippen LogP contribution in [0.3, 0.4) is 0 Å². The molecular formula is C24H26N2O2S2. The molecule has 1 N–H and O–H groups in total. The third-order valence-electron chi connectivity index (χ3n) is 4.93. The maximum absolute atomic E-state index is 12.8. The Kier molecular flexibility index (Phi) is 6.78. The molecule has 2 amide bonds. The van der Waals surface area contributed by atoms with Crippen LogP contribution < -0.4 is 5.32 Å². The molecule has 0 aromatic heterocycles. The molecule has 1 fully saturated rings. The number of hydrogen-bond acceptors (Lipinski definition) is 4. The molecule has 0 radical (unpaired) electrons. The lowest BCUT2D eigenvalue weighted by molar-refractivity contribution is -0.122. The Hall–Kier alpha value is -2.44. The number of carbonyl (C=O) groups excluding carboxylic acids is 2. The molecule has 0 spiro atoms. The van der Waals surface area contributed by atoms with E-state index in [9.17, 15) is 9.59 Å². The van der Waals surface area contributed by atoms with E-state index >= 15 is 0 Å². The maximum Gasteiger partial charge on any atom is 0.266 e. The molecule has 6 heteroatoms. The van der Waals surface area contributed by atoms with Gasteiger partial charge in [-0.25, -0.2) is 0 Å². The quantitative estimate of drug-likeness (QED) is 0.493. The van der Waals surface area contributed by atoms with Crippen molar-refractivity contribution in [1.29, 1.82) is 0 Å². The van der Waals surface area contributed by atoms with Crippen molar-refractivity contribution in [2.24, 2.45) is 0 Å². The highest BCUT2D eigenvalue weighted by Crippen LogP contribution is 2.33. The van der Waals surface area contributed by atoms with Crippen molar-refractivity contribution in [2.45, 2.75) is 39.5 Å². The van der Waals surface area contributed by atoms with Crippen molar-refractivity contribution >= 4 is 51.9 Å². The largest absolute Gasteiger partial charge is 0.326 e. The number of carbonyl (C=O) groups is 2. The van der Waals surface area contributed by atoms with Crippen LogP contribution in [0.1, 0.15) is 43.9 Å². The lowest BCUT2D eigenvalue weighted by Crippen LogP contribution is -2.31. The maximum atomic E-state index is 12.8. The van der Waals surface area contributed by atoms with Gasteiger partial charge in [-0.1, -0.05) is 87.2 Å². The van der Waals surface area contributed by atoms with E-state index in [-0.39, 0.29) is 30.2 Å². The van der Waals surface area contributed by atoms with Crippen molar-refractivity contribution in [3.05, 3.63) is 70.1 Å². The number of nitrogens with one attached hydrogen (secondary N) is 1. The number of nitrogens with zero attached hydrogens (tertiary/aromatic N) is 1. The Balaban J connectivity index is 1.62. The Morgan fingerprint density at radius 3 is 2.43 bits per heavy atom. The fraction of sp³-hybridized carbons (Fsp3) is 0.292. The molecule has 0 atom stereocenters. The second kappa shape index (κ2) is 9.14. The Morgan fingerprint density at radius 1 is 1.13 bits per heavy atom. The molecule has 1 aliphatic heterocycles. The second-order valence-corrected chi connectivity index (χ2v) is 9.99. The number of anilines is 1. The van der Waals surface area contributed by atoms with E-state index in [1.54, 1.807) is 0 Å². The van der Waals surface area contributed by atoms with Crippen LogP contribution in [0.4, 0.5) is 5.69 Å². The Bertz CT molecular complexity index is 1000. The van der Waals surface area contributed by atoms with Gasteiger partial charge in [0, 0.05) is 18.7 Å². The van der Waals surface area contributed by atoms with Crippen molar-refractivity contribution in [3.63, 3.8) is 0 Å². The second-order valence-electron chi connectivity index (χ2n) is 8.32. The Morgan fingerprint density at radius 2 is 1.80 bits per heavy atom. The Labute approximate surface area is 187 Å². The smallest absolute Gasteiger partial charge is 0.266 e. The molecule has 0 unspecified atom stereocenters. The van der Waals surface area contributed by atoms with Crippen LogP contribution in [0.2, 0.25) is 0 Å². The van der Waals surface area contributed by atoms with Crippen LogP contribution in [0, 0.1) is 6.92 Å². The third-order valence-corrected chi connectivity index (χ3v) is 6.31. The first-order valence-corrected chi connectivity index (χ1v) is 11.1. The van der Waals surface area contributed by atoms with Gasteiger partial charge in [0.05, 0.1) is 4.91 Å². The molecule has 2 aromatic carbocycles. The fourth-order valence-corrected chi connectivity index (χ4v) is 4.37. The van der Waals surface area contributed by atoms with Crippen LogP contribution >= 0.6 is 24.0 Å². The van der Waals surface area contributed by atoms with Crippen LogP contribution in [0.15, 0.2) is 53.4 Å². The van der Waals surface area contributed by atoms with Crippen LogP contribution in [0.25, 0.3) is 6.08 Å². The summed E-state index contributed by atoms with van der Waals surface area (Å²) in [5.41, 5.74) is 4.07. The highest BCUT2D eigenvalue weighted by atomic mass is 32.2. The number of amides is 2. The molecule has 1 saturated heterocycles. The standard InChI is InChI=1S/C24H26N2O2S2/c1-16-7-5-6-8-19(16)25-21(27)13-14-26-22(28)20(30-23(26)29)15-17-9-11-18(12-10-17)24(2,3)4/h5-12,15H,13-14H2,1-4H3,(H,25,27)/b20-15-. The zero-order chi connectivity index (χ0) is 21.9. The zero-order valence-electron chi connectivity index (χ0n) is 17.7. The van der Waals surface area contributed by atoms with E-state index < -0.39 is 0 Å². The summed E-state index contributed by atoms with van der Waals surface area (Å²) in [6.45, 7) is 8.71. The predicted molar refractivity (Wildman–Crippen MR) is 129 cm³/mol. The predicted octanol–water partition coefficient (Wildman–Crippen LogP) is 5.52. The first-order chi connectivity index (χ1) is 14.1. The third kappa shape index (κ3) is 5.37. The van der Waals surface area contributed by atoms with Crippen molar-refractivity contribution in [2.75, 3.05) is 11.9 Å². The van der Waals surface area contributed by atoms with Gasteiger partial charge in [-0.15, -0.1) is 0 Å². The summed E-state index contributed by atoms with van der Waals surface area (Å²) in [4.78, 5) is 27.2. The van der Waals surface area contributed by atoms with Gasteiger partial charge in [0.2, 0.25) is 5.91 Å². The molecule has 2 aromatic rings. The van der Waals surface area contributed by atoms with E-state index in [1.165, 1.54) is 22.2 Å². The van der Waals surface area contributed by atoms with E-state index in [2.05, 4.69) is 38.2 Å². The summed E-state index contributed by atoms with van der Waals surface area (Å²) in [5.74, 6) is -0.284. The van der Waals surface area contributed by atoms with Gasteiger partial charge in [-0.3, -0.25) is 14.5 Å². The van der Waals surface area contributed by atoms with Gasteiger partial charge in [-0.2, -0.15) is 0 Å². The molecule has 156 valence electrons. The van der Waals surface area contributed by atoms with Gasteiger partial charge in [0.25, 0.3) is 5.91 Å². The lowest BCUT2D eigenvalue weighted by atomic mass is 9.87. The highest BCUT2D eigenvalue weighted by Gasteiger charge is 2.32. The first kappa shape index (κ1) is 22.2. The molecule has 4 nitrogen and oxygen atoms in total. The minimum absolute atomic E-state index is 0.0842. The van der Waals surface area contributed by atoms with E-state index in [0.29, 0.717) is 9.23 Å². The first-order valence-electron chi connectivity index (χ1n) is 9.86. The number of thioether (sulfide) groups is 1. The van der Waals surface area contributed by atoms with Gasteiger partial charge in [-0.05, 0) is 41.2 Å². The van der Waals surface area contributed by atoms with Crippen LogP contribution in [0.5, 0.6) is 0 Å². The number of benzene rings is 2. The van der Waals surface area contributed by atoms with Crippen LogP contribution in [-0.4, -0.2) is 27.6 Å². The van der Waals surface area contributed by atoms with Gasteiger partial charge >= 0.3 is 0 Å². The van der Waals surface area contributed by atoms with Crippen molar-refractivity contribution in [1.82, 2.24) is 4.90 Å². The SMILES string of the molecule is Cc1ccccc1NC(=O)CCN1C(=O)/C(=C/c2ccc(C(C)(C)C)cc2)SC1=S. The summed E-state index contributed by atoms with van der Waals surface area (Å²) in [6, 6.07) is 15.8. The molecular weight excluding hydrogens is 412 g/mol. The average Bonchev–Trinajstić information content (AvgIpc) is 2.94. The molecule has 1 aliphatic rings. The average molecular weight is 439 g/mol. The number of rotatable bonds is 5. The fourth-order valence-electron chi connectivity index (χ4n) is 3.06. The molecule has 0 saturated carbocycles. The number of hydrogen-bond donors (Lipinski definition) is 1. The minimum atomic E-state index is -0.145. The summed E-state index contributed by atoms with van der Waals surface area (Å²) < 4.78 is 0.487. The molecule has 0 aliphatic carbocycles.